The molecule has 0 radical (unpaired) electrons. The normalized spacial score (nSPS) is 16.2. The number of amides is 2. The summed E-state index contributed by atoms with van der Waals surface area (Å²) in [5.74, 6) is -0.323. The van der Waals surface area contributed by atoms with E-state index in [0.717, 1.165) is 0 Å². The molecule has 0 bridgehead atoms. The Bertz CT molecular complexity index is 576. The second-order valence-corrected chi connectivity index (χ2v) is 3.68. The highest BCUT2D eigenvalue weighted by atomic mass is 16.3. The van der Waals surface area contributed by atoms with Gasteiger partial charge in [0.2, 0.25) is 5.78 Å². The lowest BCUT2D eigenvalue weighted by Gasteiger charge is -2.16. The maximum atomic E-state index is 12.0. The average molecular weight is 245 g/mol. The van der Waals surface area contributed by atoms with E-state index in [2.05, 4.69) is 5.10 Å². The van der Waals surface area contributed by atoms with Crippen LogP contribution in [-0.2, 0) is 0 Å². The number of ketones is 1. The summed E-state index contributed by atoms with van der Waals surface area (Å²) in [7, 11) is 0. The average Bonchev–Trinajstić information content (AvgIpc) is 2.38. The van der Waals surface area contributed by atoms with Crippen LogP contribution in [0.3, 0.4) is 0 Å². The maximum Gasteiger partial charge on any atom is 0.332 e. The number of hydrogen-bond donors (Lipinski definition) is 3. The second kappa shape index (κ2) is 4.80. The fraction of sp³-hybridized carbons (Fsp3) is 0.0833. The van der Waals surface area contributed by atoms with Gasteiger partial charge in [-0.15, -0.1) is 0 Å². The first-order valence-electron chi connectivity index (χ1n) is 5.22. The molecule has 18 heavy (non-hydrogen) atoms. The Kier molecular flexibility index (Phi) is 3.20. The monoisotopic (exact) mass is 245 g/mol. The number of nitrogens with zero attached hydrogens (tertiary/aromatic N) is 1. The van der Waals surface area contributed by atoms with Crippen molar-refractivity contribution in [3.05, 3.63) is 41.5 Å². The lowest BCUT2D eigenvalue weighted by molar-refractivity contribution is 0.106. The molecular weight excluding hydrogens is 234 g/mol. The Morgan fingerprint density at radius 2 is 2.00 bits per heavy atom. The number of hydrazone groups is 1. The molecule has 1 aromatic rings. The first kappa shape index (κ1) is 12.0. The van der Waals surface area contributed by atoms with E-state index in [1.807, 2.05) is 5.43 Å². The third-order valence-electron chi connectivity index (χ3n) is 2.52. The number of aliphatic hydroxyl groups is 1. The minimum atomic E-state index is -0.854. The Morgan fingerprint density at radius 3 is 2.61 bits per heavy atom. The van der Waals surface area contributed by atoms with Gasteiger partial charge < -0.3 is 10.8 Å². The van der Waals surface area contributed by atoms with Crippen LogP contribution in [0.2, 0.25) is 0 Å². The largest absolute Gasteiger partial charge is 0.392 e. The summed E-state index contributed by atoms with van der Waals surface area (Å²) < 4.78 is 0. The number of nitrogens with two attached hydrogens (primary N) is 1. The number of hydrogen-bond acceptors (Lipinski definition) is 4. The summed E-state index contributed by atoms with van der Waals surface area (Å²) in [6, 6.07) is 6.02. The molecule has 0 aliphatic heterocycles. The van der Waals surface area contributed by atoms with Crippen LogP contribution in [-0.4, -0.2) is 29.2 Å². The van der Waals surface area contributed by atoms with Gasteiger partial charge in [-0.3, -0.25) is 4.79 Å². The van der Waals surface area contributed by atoms with E-state index >= 15 is 0 Å². The molecule has 0 unspecified atom stereocenters. The number of allylic oxidation sites excluding steroid dienone is 1. The third kappa shape index (κ3) is 2.14. The second-order valence-electron chi connectivity index (χ2n) is 3.68. The molecular formula is C12H11N3O3. The SMILES string of the molecule is NC(=O)NN=C1C=C(CO)c2ccccc2C1=O. The molecule has 1 aromatic carbocycles. The van der Waals surface area contributed by atoms with Crippen molar-refractivity contribution in [2.45, 2.75) is 0 Å². The van der Waals surface area contributed by atoms with Crippen molar-refractivity contribution in [1.29, 1.82) is 0 Å². The van der Waals surface area contributed by atoms with Crippen LogP contribution in [0.25, 0.3) is 5.57 Å². The van der Waals surface area contributed by atoms with Gasteiger partial charge in [-0.1, -0.05) is 24.3 Å². The van der Waals surface area contributed by atoms with Gasteiger partial charge >= 0.3 is 6.03 Å². The van der Waals surface area contributed by atoms with Gasteiger partial charge in [0, 0.05) is 5.56 Å². The third-order valence-corrected chi connectivity index (χ3v) is 2.52. The van der Waals surface area contributed by atoms with E-state index in [4.69, 9.17) is 5.73 Å². The van der Waals surface area contributed by atoms with Crippen LogP contribution in [0.1, 0.15) is 15.9 Å². The van der Waals surface area contributed by atoms with Crippen molar-refractivity contribution in [3.8, 4) is 0 Å². The van der Waals surface area contributed by atoms with E-state index < -0.39 is 6.03 Å². The number of nitrogens with one attached hydrogen (secondary N) is 1. The molecule has 92 valence electrons. The zero-order chi connectivity index (χ0) is 13.1. The lowest BCUT2D eigenvalue weighted by Crippen LogP contribution is -2.29. The predicted octanol–water partition coefficient (Wildman–Crippen LogP) is 0.283. The number of fused-ring (bicyclic) bond motifs is 1. The summed E-state index contributed by atoms with van der Waals surface area (Å²) in [6.45, 7) is -0.222. The molecule has 6 nitrogen and oxygen atoms in total. The van der Waals surface area contributed by atoms with Gasteiger partial charge in [0.05, 0.1) is 6.61 Å². The zero-order valence-corrected chi connectivity index (χ0v) is 9.38. The van der Waals surface area contributed by atoms with E-state index in [-0.39, 0.29) is 18.1 Å². The summed E-state index contributed by atoms with van der Waals surface area (Å²) in [5, 5.41) is 12.9. The number of urea groups is 1. The topological polar surface area (TPSA) is 105 Å². The summed E-state index contributed by atoms with van der Waals surface area (Å²) >= 11 is 0. The first-order chi connectivity index (χ1) is 8.63. The smallest absolute Gasteiger partial charge is 0.332 e. The molecule has 0 heterocycles. The molecule has 2 rings (SSSR count). The Hall–Kier alpha value is -2.47. The van der Waals surface area contributed by atoms with Gasteiger partial charge in [0.15, 0.2) is 0 Å². The zero-order valence-electron chi connectivity index (χ0n) is 9.38. The minimum Gasteiger partial charge on any atom is -0.392 e. The van der Waals surface area contributed by atoms with Crippen molar-refractivity contribution in [2.75, 3.05) is 6.61 Å². The number of Topliss-reactive ketones (excluding diaryl/α,β-unsaturated/α-hetero) is 1. The van der Waals surface area contributed by atoms with E-state index in [1.165, 1.54) is 6.08 Å². The molecule has 0 saturated heterocycles. The van der Waals surface area contributed by atoms with Gasteiger partial charge in [-0.05, 0) is 17.2 Å². The van der Waals surface area contributed by atoms with E-state index in [1.54, 1.807) is 24.3 Å². The number of carbonyl (C=O) groups excluding carboxylic acids is 2. The lowest BCUT2D eigenvalue weighted by atomic mass is 9.89. The highest BCUT2D eigenvalue weighted by molar-refractivity contribution is 6.52. The van der Waals surface area contributed by atoms with Crippen molar-refractivity contribution in [1.82, 2.24) is 5.43 Å². The Balaban J connectivity index is 2.47. The highest BCUT2D eigenvalue weighted by Crippen LogP contribution is 2.24. The van der Waals surface area contributed by atoms with Crippen molar-refractivity contribution < 1.29 is 14.7 Å². The van der Waals surface area contributed by atoms with Gasteiger partial charge in [-0.2, -0.15) is 5.10 Å². The van der Waals surface area contributed by atoms with Crippen LogP contribution in [0.5, 0.6) is 0 Å². The van der Waals surface area contributed by atoms with Gasteiger partial charge in [-0.25, -0.2) is 10.2 Å². The molecule has 0 spiro atoms. The summed E-state index contributed by atoms with van der Waals surface area (Å²) in [5.41, 5.74) is 8.59. The number of carbonyl (C=O) groups is 2. The molecule has 0 atom stereocenters. The molecule has 0 aromatic heterocycles. The van der Waals surface area contributed by atoms with Crippen molar-refractivity contribution >= 4 is 23.1 Å². The molecule has 6 heteroatoms. The molecule has 4 N–H and O–H groups in total. The van der Waals surface area contributed by atoms with Crippen LogP contribution in [0.4, 0.5) is 4.79 Å². The van der Waals surface area contributed by atoms with Crippen LogP contribution in [0.15, 0.2) is 35.4 Å². The fourth-order valence-corrected chi connectivity index (χ4v) is 1.74. The fourth-order valence-electron chi connectivity index (χ4n) is 1.74. The Morgan fingerprint density at radius 1 is 1.33 bits per heavy atom. The molecule has 0 fully saturated rings. The quantitative estimate of drug-likeness (QED) is 0.652. The van der Waals surface area contributed by atoms with Gasteiger partial charge in [0.1, 0.15) is 5.71 Å². The number of primary amides is 1. The number of rotatable bonds is 2. The maximum absolute atomic E-state index is 12.0. The minimum absolute atomic E-state index is 0.0385. The van der Waals surface area contributed by atoms with Crippen LogP contribution < -0.4 is 11.2 Å². The van der Waals surface area contributed by atoms with Gasteiger partial charge in [0.25, 0.3) is 0 Å². The van der Waals surface area contributed by atoms with E-state index in [0.29, 0.717) is 16.7 Å². The first-order valence-corrected chi connectivity index (χ1v) is 5.22. The Labute approximate surface area is 103 Å². The molecule has 0 saturated carbocycles. The van der Waals surface area contributed by atoms with Crippen molar-refractivity contribution in [2.24, 2.45) is 10.8 Å². The standard InChI is InChI=1S/C12H11N3O3/c13-12(18)15-14-10-5-7(6-16)8-3-1-2-4-9(8)11(10)17/h1-5,16H,6H2,(H3,13,15,18). The van der Waals surface area contributed by atoms with Crippen LogP contribution >= 0.6 is 0 Å². The van der Waals surface area contributed by atoms with Crippen molar-refractivity contribution in [3.63, 3.8) is 0 Å². The summed E-state index contributed by atoms with van der Waals surface area (Å²) in [6.07, 6.45) is 1.43. The molecule has 2 amide bonds. The number of benzene rings is 1. The highest BCUT2D eigenvalue weighted by Gasteiger charge is 2.23. The van der Waals surface area contributed by atoms with E-state index in [9.17, 15) is 14.7 Å². The van der Waals surface area contributed by atoms with Crippen LogP contribution in [0, 0.1) is 0 Å². The summed E-state index contributed by atoms with van der Waals surface area (Å²) in [4.78, 5) is 22.6. The molecule has 1 aliphatic rings. The predicted molar refractivity (Wildman–Crippen MR) is 66.0 cm³/mol. The number of aliphatic hydroxyl groups excluding tert-OH is 1. The molecule has 1 aliphatic carbocycles.